The van der Waals surface area contributed by atoms with E-state index in [0.717, 1.165) is 37.2 Å². The van der Waals surface area contributed by atoms with Crippen LogP contribution in [0.3, 0.4) is 0 Å². The molecule has 1 aromatic heterocycles. The summed E-state index contributed by atoms with van der Waals surface area (Å²) >= 11 is 0. The molecule has 1 fully saturated rings. The van der Waals surface area contributed by atoms with Gasteiger partial charge >= 0.3 is 0 Å². The minimum absolute atomic E-state index is 0.139. The standard InChI is InChI=1S/C12H16N4O/c1-8-9(2)15-16-12(11(8)7-13)17-10-3-5-14-6-4-10/h10,14H,3-6H2,1-2H3. The third-order valence-electron chi connectivity index (χ3n) is 3.10. The normalized spacial score (nSPS) is 16.5. The summed E-state index contributed by atoms with van der Waals surface area (Å²) in [6, 6.07) is 2.15. The Morgan fingerprint density at radius 3 is 2.65 bits per heavy atom. The summed E-state index contributed by atoms with van der Waals surface area (Å²) in [6.45, 7) is 5.62. The van der Waals surface area contributed by atoms with Crippen molar-refractivity contribution in [1.29, 1.82) is 5.26 Å². The van der Waals surface area contributed by atoms with Gasteiger partial charge < -0.3 is 10.1 Å². The number of piperidine rings is 1. The van der Waals surface area contributed by atoms with Crippen LogP contribution in [0, 0.1) is 25.2 Å². The fourth-order valence-corrected chi connectivity index (χ4v) is 1.87. The zero-order chi connectivity index (χ0) is 12.3. The van der Waals surface area contributed by atoms with Gasteiger partial charge in [0.1, 0.15) is 17.7 Å². The Morgan fingerprint density at radius 2 is 2.00 bits per heavy atom. The maximum atomic E-state index is 9.14. The predicted molar refractivity (Wildman–Crippen MR) is 62.7 cm³/mol. The lowest BCUT2D eigenvalue weighted by atomic mass is 10.1. The van der Waals surface area contributed by atoms with Gasteiger partial charge in [-0.2, -0.15) is 10.4 Å². The molecule has 0 atom stereocenters. The quantitative estimate of drug-likeness (QED) is 0.826. The minimum atomic E-state index is 0.139. The molecular weight excluding hydrogens is 216 g/mol. The van der Waals surface area contributed by atoms with E-state index >= 15 is 0 Å². The first-order valence-corrected chi connectivity index (χ1v) is 5.83. The Labute approximate surface area is 101 Å². The van der Waals surface area contributed by atoms with Gasteiger partial charge in [-0.3, -0.25) is 0 Å². The van der Waals surface area contributed by atoms with Crippen molar-refractivity contribution in [2.45, 2.75) is 32.8 Å². The SMILES string of the molecule is Cc1nnc(OC2CCNCC2)c(C#N)c1C. The van der Waals surface area contributed by atoms with E-state index in [4.69, 9.17) is 10.00 Å². The number of hydrogen-bond donors (Lipinski definition) is 1. The highest BCUT2D eigenvalue weighted by Crippen LogP contribution is 2.22. The van der Waals surface area contributed by atoms with Gasteiger partial charge in [0, 0.05) is 0 Å². The molecule has 1 N–H and O–H groups in total. The summed E-state index contributed by atoms with van der Waals surface area (Å²) in [5.74, 6) is 0.377. The maximum Gasteiger partial charge on any atom is 0.252 e. The molecule has 0 unspecified atom stereocenters. The highest BCUT2D eigenvalue weighted by atomic mass is 16.5. The summed E-state index contributed by atoms with van der Waals surface area (Å²) in [4.78, 5) is 0. The number of rotatable bonds is 2. The third-order valence-corrected chi connectivity index (χ3v) is 3.10. The minimum Gasteiger partial charge on any atom is -0.472 e. The highest BCUT2D eigenvalue weighted by Gasteiger charge is 2.19. The third kappa shape index (κ3) is 2.53. The van der Waals surface area contributed by atoms with Gasteiger partial charge in [0.15, 0.2) is 0 Å². The molecule has 0 radical (unpaired) electrons. The molecule has 2 heterocycles. The van der Waals surface area contributed by atoms with Gasteiger partial charge in [-0.15, -0.1) is 5.10 Å². The van der Waals surface area contributed by atoms with Crippen LogP contribution in [-0.2, 0) is 0 Å². The topological polar surface area (TPSA) is 70.8 Å². The van der Waals surface area contributed by atoms with E-state index in [1.165, 1.54) is 0 Å². The molecule has 0 amide bonds. The second kappa shape index (κ2) is 5.11. The average molecular weight is 232 g/mol. The van der Waals surface area contributed by atoms with Crippen molar-refractivity contribution in [3.05, 3.63) is 16.8 Å². The van der Waals surface area contributed by atoms with E-state index in [1.54, 1.807) is 0 Å². The lowest BCUT2D eigenvalue weighted by Gasteiger charge is -2.23. The number of aromatic nitrogens is 2. The molecule has 1 saturated heterocycles. The van der Waals surface area contributed by atoms with Crippen LogP contribution in [0.25, 0.3) is 0 Å². The first-order chi connectivity index (χ1) is 8.22. The molecule has 0 aliphatic carbocycles. The molecule has 0 saturated carbocycles. The molecular formula is C12H16N4O. The predicted octanol–water partition coefficient (Wildman–Crippen LogP) is 1.10. The smallest absolute Gasteiger partial charge is 0.252 e. The van der Waals surface area contributed by atoms with Gasteiger partial charge in [0.2, 0.25) is 0 Å². The molecule has 0 aromatic carbocycles. The first kappa shape index (κ1) is 11.8. The van der Waals surface area contributed by atoms with Gasteiger partial charge in [0.25, 0.3) is 5.88 Å². The van der Waals surface area contributed by atoms with Crippen molar-refractivity contribution in [3.63, 3.8) is 0 Å². The molecule has 5 nitrogen and oxygen atoms in total. The molecule has 17 heavy (non-hydrogen) atoms. The van der Waals surface area contributed by atoms with E-state index in [1.807, 2.05) is 13.8 Å². The fraction of sp³-hybridized carbons (Fsp3) is 0.583. The highest BCUT2D eigenvalue weighted by molar-refractivity contribution is 5.44. The summed E-state index contributed by atoms with van der Waals surface area (Å²) in [7, 11) is 0. The Morgan fingerprint density at radius 1 is 1.29 bits per heavy atom. The van der Waals surface area contributed by atoms with E-state index in [-0.39, 0.29) is 6.10 Å². The van der Waals surface area contributed by atoms with Crippen molar-refractivity contribution >= 4 is 0 Å². The van der Waals surface area contributed by atoms with E-state index < -0.39 is 0 Å². The Balaban J connectivity index is 2.20. The van der Waals surface area contributed by atoms with Crippen molar-refractivity contribution in [2.24, 2.45) is 0 Å². The van der Waals surface area contributed by atoms with E-state index in [2.05, 4.69) is 21.6 Å². The Bertz CT molecular complexity index is 447. The fourth-order valence-electron chi connectivity index (χ4n) is 1.87. The van der Waals surface area contributed by atoms with Crippen LogP contribution in [0.15, 0.2) is 0 Å². The molecule has 0 spiro atoms. The maximum absolute atomic E-state index is 9.14. The summed E-state index contributed by atoms with van der Waals surface area (Å²) < 4.78 is 5.78. The van der Waals surface area contributed by atoms with E-state index in [9.17, 15) is 0 Å². The summed E-state index contributed by atoms with van der Waals surface area (Å²) in [5, 5.41) is 20.4. The van der Waals surface area contributed by atoms with E-state index in [0.29, 0.717) is 11.4 Å². The van der Waals surface area contributed by atoms with Crippen molar-refractivity contribution in [3.8, 4) is 11.9 Å². The lowest BCUT2D eigenvalue weighted by Crippen LogP contribution is -2.34. The van der Waals surface area contributed by atoms with Gasteiger partial charge in [-0.25, -0.2) is 0 Å². The molecule has 2 rings (SSSR count). The molecule has 1 aliphatic heterocycles. The van der Waals surface area contributed by atoms with Crippen LogP contribution < -0.4 is 10.1 Å². The molecule has 5 heteroatoms. The largest absolute Gasteiger partial charge is 0.472 e. The molecule has 0 bridgehead atoms. The van der Waals surface area contributed by atoms with Crippen LogP contribution in [-0.4, -0.2) is 29.4 Å². The number of ether oxygens (including phenoxy) is 1. The molecule has 1 aliphatic rings. The molecule has 90 valence electrons. The number of aryl methyl sites for hydroxylation is 1. The van der Waals surface area contributed by atoms with Crippen LogP contribution in [0.2, 0.25) is 0 Å². The Kier molecular flexibility index (Phi) is 3.55. The number of nitrogens with zero attached hydrogens (tertiary/aromatic N) is 3. The molecule has 1 aromatic rings. The number of hydrogen-bond acceptors (Lipinski definition) is 5. The zero-order valence-corrected chi connectivity index (χ0v) is 10.2. The first-order valence-electron chi connectivity index (χ1n) is 5.83. The van der Waals surface area contributed by atoms with Crippen molar-refractivity contribution in [2.75, 3.05) is 13.1 Å². The summed E-state index contributed by atoms with van der Waals surface area (Å²) in [6.07, 6.45) is 2.03. The van der Waals surface area contributed by atoms with Crippen molar-refractivity contribution in [1.82, 2.24) is 15.5 Å². The van der Waals surface area contributed by atoms with Gasteiger partial charge in [-0.05, 0) is 45.3 Å². The van der Waals surface area contributed by atoms with Crippen LogP contribution in [0.4, 0.5) is 0 Å². The second-order valence-electron chi connectivity index (χ2n) is 4.27. The average Bonchev–Trinajstić information content (AvgIpc) is 2.36. The van der Waals surface area contributed by atoms with Gasteiger partial charge in [-0.1, -0.05) is 0 Å². The van der Waals surface area contributed by atoms with Crippen LogP contribution in [0.5, 0.6) is 5.88 Å². The monoisotopic (exact) mass is 232 g/mol. The summed E-state index contributed by atoms with van der Waals surface area (Å²) in [5.41, 5.74) is 2.14. The zero-order valence-electron chi connectivity index (χ0n) is 10.2. The van der Waals surface area contributed by atoms with Crippen molar-refractivity contribution < 1.29 is 4.74 Å². The Hall–Kier alpha value is -1.67. The number of nitriles is 1. The van der Waals surface area contributed by atoms with Crippen LogP contribution >= 0.6 is 0 Å². The second-order valence-corrected chi connectivity index (χ2v) is 4.27. The number of nitrogens with one attached hydrogen (secondary N) is 1. The lowest BCUT2D eigenvalue weighted by molar-refractivity contribution is 0.153. The van der Waals surface area contributed by atoms with Gasteiger partial charge in [0.05, 0.1) is 5.69 Å². The van der Waals surface area contributed by atoms with Crippen LogP contribution in [0.1, 0.15) is 29.7 Å².